The zero-order valence-electron chi connectivity index (χ0n) is 16.2. The molecule has 0 radical (unpaired) electrons. The highest BCUT2D eigenvalue weighted by Gasteiger charge is 2.45. The lowest BCUT2D eigenvalue weighted by Crippen LogP contribution is -2.54. The number of carbonyl (C=O) groups excluding carboxylic acids is 4. The number of amides is 5. The van der Waals surface area contributed by atoms with E-state index in [4.69, 9.17) is 5.11 Å². The molecule has 3 rings (SSSR count). The minimum atomic E-state index is -1.24. The van der Waals surface area contributed by atoms with Crippen molar-refractivity contribution in [2.24, 2.45) is 5.41 Å². The van der Waals surface area contributed by atoms with Crippen LogP contribution in [0.2, 0.25) is 0 Å². The minimum absolute atomic E-state index is 0.0350. The van der Waals surface area contributed by atoms with Crippen molar-refractivity contribution in [1.29, 1.82) is 0 Å². The van der Waals surface area contributed by atoms with E-state index in [0.717, 1.165) is 4.90 Å². The van der Waals surface area contributed by atoms with Crippen LogP contribution in [0.4, 0.5) is 4.79 Å². The third-order valence-electron chi connectivity index (χ3n) is 4.85. The molecule has 2 heterocycles. The molecule has 1 fully saturated rings. The van der Waals surface area contributed by atoms with Crippen molar-refractivity contribution in [3.05, 3.63) is 40.6 Å². The van der Waals surface area contributed by atoms with Gasteiger partial charge in [-0.05, 0) is 24.1 Å². The fourth-order valence-corrected chi connectivity index (χ4v) is 3.37. The summed E-state index contributed by atoms with van der Waals surface area (Å²) >= 11 is 0. The first-order valence-corrected chi connectivity index (χ1v) is 9.07. The van der Waals surface area contributed by atoms with Gasteiger partial charge >= 0.3 is 6.09 Å². The van der Waals surface area contributed by atoms with Crippen LogP contribution in [-0.2, 0) is 9.59 Å². The van der Waals surface area contributed by atoms with E-state index in [-0.39, 0.29) is 24.0 Å². The maximum absolute atomic E-state index is 13.1. The van der Waals surface area contributed by atoms with Crippen molar-refractivity contribution >= 4 is 35.8 Å². The molecule has 1 saturated heterocycles. The standard InChI is InChI=1S/C20H21N3O6/c1-20(2,3)13(21-19(28)29)9-10-5-4-6-11-15(10)18(27)23(17(11)26)12-7-8-14(24)22-16(12)25/h4-6,9,12,21H,7-8H2,1-3H3,(H,28,29)(H,22,24,25)/b13-9+. The first kappa shape index (κ1) is 20.2. The van der Waals surface area contributed by atoms with Crippen LogP contribution in [0.15, 0.2) is 23.9 Å². The molecule has 0 saturated carbocycles. The number of hydrogen-bond donors (Lipinski definition) is 3. The summed E-state index contributed by atoms with van der Waals surface area (Å²) in [7, 11) is 0. The number of imide groups is 2. The maximum Gasteiger partial charge on any atom is 0.408 e. The van der Waals surface area contributed by atoms with Crippen molar-refractivity contribution < 1.29 is 29.1 Å². The van der Waals surface area contributed by atoms with Gasteiger partial charge in [0.2, 0.25) is 11.8 Å². The van der Waals surface area contributed by atoms with Crippen molar-refractivity contribution in [3.63, 3.8) is 0 Å². The number of hydrogen-bond acceptors (Lipinski definition) is 5. The third kappa shape index (κ3) is 3.75. The van der Waals surface area contributed by atoms with E-state index >= 15 is 0 Å². The van der Waals surface area contributed by atoms with Crippen LogP contribution in [0.1, 0.15) is 59.9 Å². The van der Waals surface area contributed by atoms with Crippen LogP contribution in [0.25, 0.3) is 6.08 Å². The second-order valence-electron chi connectivity index (χ2n) is 7.96. The molecule has 9 nitrogen and oxygen atoms in total. The monoisotopic (exact) mass is 399 g/mol. The second kappa shape index (κ2) is 7.16. The highest BCUT2D eigenvalue weighted by atomic mass is 16.4. The van der Waals surface area contributed by atoms with E-state index in [2.05, 4.69) is 10.6 Å². The smallest absolute Gasteiger partial charge is 0.408 e. The van der Waals surface area contributed by atoms with E-state index < -0.39 is 41.2 Å². The molecule has 9 heteroatoms. The zero-order valence-corrected chi connectivity index (χ0v) is 16.2. The Labute approximate surface area is 166 Å². The maximum atomic E-state index is 13.1. The molecule has 1 aromatic carbocycles. The summed E-state index contributed by atoms with van der Waals surface area (Å²) in [6, 6.07) is 3.62. The van der Waals surface area contributed by atoms with Crippen LogP contribution in [0.5, 0.6) is 0 Å². The Morgan fingerprint density at radius 3 is 2.48 bits per heavy atom. The average Bonchev–Trinajstić information content (AvgIpc) is 2.86. The molecule has 5 amide bonds. The summed E-state index contributed by atoms with van der Waals surface area (Å²) in [5, 5.41) is 13.6. The second-order valence-corrected chi connectivity index (χ2v) is 7.96. The normalized spacial score (nSPS) is 19.9. The zero-order chi connectivity index (χ0) is 21.5. The van der Waals surface area contributed by atoms with Crippen LogP contribution in [-0.4, -0.2) is 45.8 Å². The number of carbonyl (C=O) groups is 5. The number of nitrogens with one attached hydrogen (secondary N) is 2. The highest BCUT2D eigenvalue weighted by molar-refractivity contribution is 6.24. The average molecular weight is 399 g/mol. The van der Waals surface area contributed by atoms with Crippen LogP contribution in [0.3, 0.4) is 0 Å². The van der Waals surface area contributed by atoms with Gasteiger partial charge < -0.3 is 5.11 Å². The number of benzene rings is 1. The molecule has 3 N–H and O–H groups in total. The van der Waals surface area contributed by atoms with Gasteiger partial charge in [0, 0.05) is 17.5 Å². The van der Waals surface area contributed by atoms with Gasteiger partial charge in [0.25, 0.3) is 11.8 Å². The topological polar surface area (TPSA) is 133 Å². The summed E-state index contributed by atoms with van der Waals surface area (Å²) in [5.41, 5.74) is 0.386. The fraction of sp³-hybridized carbons (Fsp3) is 0.350. The van der Waals surface area contributed by atoms with Gasteiger partial charge in [0.15, 0.2) is 0 Å². The molecule has 152 valence electrons. The van der Waals surface area contributed by atoms with Crippen LogP contribution >= 0.6 is 0 Å². The molecule has 0 spiro atoms. The Morgan fingerprint density at radius 1 is 1.21 bits per heavy atom. The molecule has 2 aliphatic heterocycles. The Kier molecular flexibility index (Phi) is 5.00. The minimum Gasteiger partial charge on any atom is -0.465 e. The predicted octanol–water partition coefficient (Wildman–Crippen LogP) is 1.74. The molecular formula is C20H21N3O6. The van der Waals surface area contributed by atoms with E-state index in [1.807, 2.05) is 0 Å². The quantitative estimate of drug-likeness (QED) is 0.663. The van der Waals surface area contributed by atoms with E-state index in [1.165, 1.54) is 12.1 Å². The fourth-order valence-electron chi connectivity index (χ4n) is 3.37. The molecule has 2 aliphatic rings. The number of fused-ring (bicyclic) bond motifs is 1. The van der Waals surface area contributed by atoms with Crippen molar-refractivity contribution in [1.82, 2.24) is 15.5 Å². The number of carboxylic acid groups (broad SMARTS) is 1. The van der Waals surface area contributed by atoms with Gasteiger partial charge in [-0.2, -0.15) is 0 Å². The van der Waals surface area contributed by atoms with Gasteiger partial charge in [0.1, 0.15) is 6.04 Å². The molecule has 1 unspecified atom stereocenters. The van der Waals surface area contributed by atoms with E-state index in [0.29, 0.717) is 11.3 Å². The van der Waals surface area contributed by atoms with Gasteiger partial charge in [-0.1, -0.05) is 32.9 Å². The lowest BCUT2D eigenvalue weighted by atomic mass is 9.89. The summed E-state index contributed by atoms with van der Waals surface area (Å²) in [4.78, 5) is 61.6. The number of nitrogens with zero attached hydrogens (tertiary/aromatic N) is 1. The Bertz CT molecular complexity index is 973. The first-order chi connectivity index (χ1) is 13.5. The molecular weight excluding hydrogens is 378 g/mol. The van der Waals surface area contributed by atoms with Crippen molar-refractivity contribution in [2.75, 3.05) is 0 Å². The number of rotatable bonds is 3. The third-order valence-corrected chi connectivity index (χ3v) is 4.85. The number of allylic oxidation sites excluding steroid dienone is 1. The predicted molar refractivity (Wildman–Crippen MR) is 102 cm³/mol. The Hall–Kier alpha value is -3.49. The van der Waals surface area contributed by atoms with Crippen LogP contribution < -0.4 is 10.6 Å². The van der Waals surface area contributed by atoms with E-state index in [9.17, 15) is 24.0 Å². The van der Waals surface area contributed by atoms with Crippen LogP contribution in [0, 0.1) is 5.41 Å². The Morgan fingerprint density at radius 2 is 1.90 bits per heavy atom. The van der Waals surface area contributed by atoms with Gasteiger partial charge in [-0.3, -0.25) is 34.7 Å². The summed E-state index contributed by atoms with van der Waals surface area (Å²) in [5.74, 6) is -2.38. The molecule has 0 aromatic heterocycles. The SMILES string of the molecule is CC(C)(C)/C(=C\c1cccc2c1C(=O)N(C1CCC(=O)NC1=O)C2=O)NC(=O)O. The van der Waals surface area contributed by atoms with Crippen molar-refractivity contribution in [2.45, 2.75) is 39.7 Å². The number of piperidine rings is 1. The van der Waals surface area contributed by atoms with Gasteiger partial charge in [0.05, 0.1) is 11.1 Å². The molecule has 29 heavy (non-hydrogen) atoms. The summed E-state index contributed by atoms with van der Waals surface area (Å²) in [6.45, 7) is 5.42. The largest absolute Gasteiger partial charge is 0.465 e. The first-order valence-electron chi connectivity index (χ1n) is 9.07. The summed E-state index contributed by atoms with van der Waals surface area (Å²) in [6.07, 6.45) is 0.375. The molecule has 1 atom stereocenters. The lowest BCUT2D eigenvalue weighted by Gasteiger charge is -2.27. The molecule has 0 bridgehead atoms. The Balaban J connectivity index is 2.05. The molecule has 0 aliphatic carbocycles. The van der Waals surface area contributed by atoms with Gasteiger partial charge in [-0.15, -0.1) is 0 Å². The van der Waals surface area contributed by atoms with Gasteiger partial charge in [-0.25, -0.2) is 4.79 Å². The summed E-state index contributed by atoms with van der Waals surface area (Å²) < 4.78 is 0. The van der Waals surface area contributed by atoms with Crippen molar-refractivity contribution in [3.8, 4) is 0 Å². The highest BCUT2D eigenvalue weighted by Crippen LogP contribution is 2.32. The van der Waals surface area contributed by atoms with E-state index in [1.54, 1.807) is 32.9 Å². The molecule has 1 aromatic rings. The lowest BCUT2D eigenvalue weighted by molar-refractivity contribution is -0.136.